The van der Waals surface area contributed by atoms with Gasteiger partial charge < -0.3 is 10.2 Å². The van der Waals surface area contributed by atoms with Crippen LogP contribution in [0.3, 0.4) is 0 Å². The number of rotatable bonds is 4. The molecule has 2 nitrogen and oxygen atoms in total. The predicted octanol–water partition coefficient (Wildman–Crippen LogP) is 3.05. The molecule has 0 amide bonds. The van der Waals surface area contributed by atoms with Crippen molar-refractivity contribution in [3.05, 3.63) is 0 Å². The van der Waals surface area contributed by atoms with Gasteiger partial charge in [0.05, 0.1) is 0 Å². The minimum absolute atomic E-state index is 0.204. The van der Waals surface area contributed by atoms with Crippen LogP contribution in [-0.2, 0) is 0 Å². The van der Waals surface area contributed by atoms with Crippen LogP contribution in [0.1, 0.15) is 45.4 Å². The second-order valence-electron chi connectivity index (χ2n) is 6.50. The van der Waals surface area contributed by atoms with Crippen LogP contribution < -0.4 is 0 Å². The van der Waals surface area contributed by atoms with Gasteiger partial charge in [0, 0.05) is 18.6 Å². The molecule has 0 aromatic carbocycles. The van der Waals surface area contributed by atoms with E-state index in [0.717, 1.165) is 30.6 Å². The van der Waals surface area contributed by atoms with Crippen molar-refractivity contribution in [2.24, 2.45) is 29.6 Å². The first-order valence-corrected chi connectivity index (χ1v) is 7.95. The molecule has 3 unspecified atom stereocenters. The molecule has 2 fully saturated rings. The van der Waals surface area contributed by atoms with Gasteiger partial charge in [-0.25, -0.2) is 0 Å². The van der Waals surface area contributed by atoms with Crippen LogP contribution in [0.25, 0.3) is 0 Å². The van der Waals surface area contributed by atoms with E-state index >= 15 is 0 Å². The Morgan fingerprint density at radius 3 is 2.61 bits per heavy atom. The molecule has 6 atom stereocenters. The lowest BCUT2D eigenvalue weighted by molar-refractivity contribution is 0.0381. The fourth-order valence-corrected chi connectivity index (χ4v) is 4.87. The Hall–Kier alpha value is 0.210. The summed E-state index contributed by atoms with van der Waals surface area (Å²) in [6.45, 7) is 2.78. The Kier molecular flexibility index (Phi) is 5.35. The van der Waals surface area contributed by atoms with Gasteiger partial charge in [-0.3, -0.25) is 0 Å². The van der Waals surface area contributed by atoms with E-state index in [1.54, 1.807) is 0 Å². The van der Waals surface area contributed by atoms with E-state index < -0.39 is 0 Å². The minimum atomic E-state index is 0.204. The van der Waals surface area contributed by atoms with E-state index in [2.05, 4.69) is 6.92 Å². The molecule has 2 aliphatic rings. The topological polar surface area (TPSA) is 40.5 Å². The number of aliphatic hydroxyl groups is 2. The van der Waals surface area contributed by atoms with Gasteiger partial charge in [0.1, 0.15) is 0 Å². The summed E-state index contributed by atoms with van der Waals surface area (Å²) in [4.78, 5) is 0. The Bertz CT molecular complexity index is 259. The average molecular weight is 275 g/mol. The molecule has 2 rings (SSSR count). The Morgan fingerprint density at radius 2 is 1.94 bits per heavy atom. The zero-order valence-corrected chi connectivity index (χ0v) is 12.1. The number of fused-ring (bicyclic) bond motifs is 1. The summed E-state index contributed by atoms with van der Waals surface area (Å²) in [5.41, 5.74) is 0. The highest BCUT2D eigenvalue weighted by Gasteiger charge is 2.40. The standard InChI is InChI=1S/C15H27ClO2/c1-10-6-14(16)7-12-3-2-11(8-15(10)12)13(9-18)4-5-17/h10-15,17-18H,2-9H2,1H3/t10-,11-,12?,13?,14?,15-/m0/s1. The second-order valence-corrected chi connectivity index (χ2v) is 7.12. The number of halogens is 1. The maximum Gasteiger partial charge on any atom is 0.0462 e. The van der Waals surface area contributed by atoms with Crippen LogP contribution >= 0.6 is 11.6 Å². The molecule has 0 aromatic rings. The molecular formula is C15H27ClO2. The average Bonchev–Trinajstić information content (AvgIpc) is 2.35. The first-order chi connectivity index (χ1) is 8.65. The highest BCUT2D eigenvalue weighted by molar-refractivity contribution is 6.20. The molecule has 0 aromatic heterocycles. The fourth-order valence-electron chi connectivity index (χ4n) is 4.36. The lowest BCUT2D eigenvalue weighted by atomic mass is 9.61. The summed E-state index contributed by atoms with van der Waals surface area (Å²) in [6, 6.07) is 0. The Morgan fingerprint density at radius 1 is 1.17 bits per heavy atom. The van der Waals surface area contributed by atoms with Crippen molar-refractivity contribution in [1.29, 1.82) is 0 Å². The Balaban J connectivity index is 1.96. The smallest absolute Gasteiger partial charge is 0.0462 e. The van der Waals surface area contributed by atoms with Gasteiger partial charge in [0.15, 0.2) is 0 Å². The van der Waals surface area contributed by atoms with Gasteiger partial charge in [-0.2, -0.15) is 0 Å². The molecule has 0 radical (unpaired) electrons. The number of alkyl halides is 1. The van der Waals surface area contributed by atoms with Crippen LogP contribution in [0.5, 0.6) is 0 Å². The van der Waals surface area contributed by atoms with Crippen molar-refractivity contribution in [2.75, 3.05) is 13.2 Å². The first kappa shape index (κ1) is 14.6. The zero-order chi connectivity index (χ0) is 13.1. The van der Waals surface area contributed by atoms with Crippen LogP contribution in [0.4, 0.5) is 0 Å². The van der Waals surface area contributed by atoms with Gasteiger partial charge in [-0.15, -0.1) is 11.6 Å². The van der Waals surface area contributed by atoms with Crippen LogP contribution in [0.15, 0.2) is 0 Å². The van der Waals surface area contributed by atoms with E-state index in [1.807, 2.05) is 0 Å². The maximum atomic E-state index is 9.48. The third kappa shape index (κ3) is 3.20. The van der Waals surface area contributed by atoms with Gasteiger partial charge in [0.25, 0.3) is 0 Å². The number of hydrogen-bond acceptors (Lipinski definition) is 2. The van der Waals surface area contributed by atoms with E-state index in [0.29, 0.717) is 17.2 Å². The monoisotopic (exact) mass is 274 g/mol. The van der Waals surface area contributed by atoms with Crippen LogP contribution in [0, 0.1) is 29.6 Å². The van der Waals surface area contributed by atoms with Gasteiger partial charge in [0.2, 0.25) is 0 Å². The second kappa shape index (κ2) is 6.58. The summed E-state index contributed by atoms with van der Waals surface area (Å²) in [5.74, 6) is 3.24. The highest BCUT2D eigenvalue weighted by atomic mass is 35.5. The third-order valence-electron chi connectivity index (χ3n) is 5.41. The summed E-state index contributed by atoms with van der Waals surface area (Å²) < 4.78 is 0. The molecule has 0 saturated heterocycles. The predicted molar refractivity (Wildman–Crippen MR) is 74.6 cm³/mol. The maximum absolute atomic E-state index is 9.48. The molecule has 18 heavy (non-hydrogen) atoms. The largest absolute Gasteiger partial charge is 0.396 e. The van der Waals surface area contributed by atoms with Crippen molar-refractivity contribution in [3.63, 3.8) is 0 Å². The zero-order valence-electron chi connectivity index (χ0n) is 11.4. The quantitative estimate of drug-likeness (QED) is 0.774. The van der Waals surface area contributed by atoms with Crippen molar-refractivity contribution in [3.8, 4) is 0 Å². The van der Waals surface area contributed by atoms with E-state index in [-0.39, 0.29) is 13.2 Å². The van der Waals surface area contributed by atoms with E-state index in [9.17, 15) is 5.11 Å². The van der Waals surface area contributed by atoms with Crippen LogP contribution in [-0.4, -0.2) is 28.8 Å². The molecule has 0 spiro atoms. The third-order valence-corrected chi connectivity index (χ3v) is 5.76. The Labute approximate surface area is 116 Å². The molecule has 106 valence electrons. The van der Waals surface area contributed by atoms with Crippen molar-refractivity contribution >= 4 is 11.6 Å². The SMILES string of the molecule is C[C@H]1CC(Cl)CC2CC[C@H](C(CO)CCO)C[C@H]21. The normalized spacial score (nSPS) is 42.3. The molecule has 2 N–H and O–H groups in total. The highest BCUT2D eigenvalue weighted by Crippen LogP contribution is 2.48. The lowest BCUT2D eigenvalue weighted by Gasteiger charge is -2.46. The molecule has 2 saturated carbocycles. The summed E-state index contributed by atoms with van der Waals surface area (Å²) in [7, 11) is 0. The summed E-state index contributed by atoms with van der Waals surface area (Å²) >= 11 is 6.33. The molecule has 2 aliphatic carbocycles. The van der Waals surface area contributed by atoms with Crippen molar-refractivity contribution < 1.29 is 10.2 Å². The number of aliphatic hydroxyl groups excluding tert-OH is 2. The molecular weight excluding hydrogens is 248 g/mol. The summed E-state index contributed by atoms with van der Waals surface area (Å²) in [5, 5.41) is 18.9. The molecule has 0 bridgehead atoms. The van der Waals surface area contributed by atoms with Gasteiger partial charge >= 0.3 is 0 Å². The van der Waals surface area contributed by atoms with Crippen LogP contribution in [0.2, 0.25) is 0 Å². The van der Waals surface area contributed by atoms with E-state index in [1.165, 1.54) is 25.7 Å². The number of hydrogen-bond donors (Lipinski definition) is 2. The lowest BCUT2D eigenvalue weighted by Crippen LogP contribution is -2.39. The van der Waals surface area contributed by atoms with Gasteiger partial charge in [-0.05, 0) is 68.1 Å². The summed E-state index contributed by atoms with van der Waals surface area (Å²) in [6.07, 6.45) is 6.81. The van der Waals surface area contributed by atoms with Gasteiger partial charge in [-0.1, -0.05) is 6.92 Å². The van der Waals surface area contributed by atoms with E-state index in [4.69, 9.17) is 16.7 Å². The van der Waals surface area contributed by atoms with Crippen molar-refractivity contribution in [2.45, 2.75) is 50.8 Å². The molecule has 0 aliphatic heterocycles. The minimum Gasteiger partial charge on any atom is -0.396 e. The molecule has 0 heterocycles. The molecule has 3 heteroatoms. The van der Waals surface area contributed by atoms with Crippen molar-refractivity contribution in [1.82, 2.24) is 0 Å². The first-order valence-electron chi connectivity index (χ1n) is 7.51. The fraction of sp³-hybridized carbons (Fsp3) is 1.00.